The van der Waals surface area contributed by atoms with Gasteiger partial charge in [0.25, 0.3) is 0 Å². The van der Waals surface area contributed by atoms with Crippen LogP contribution in [-0.4, -0.2) is 60.1 Å². The predicted molar refractivity (Wildman–Crippen MR) is 105 cm³/mol. The van der Waals surface area contributed by atoms with E-state index in [9.17, 15) is 14.0 Å². The number of hydrogen-bond acceptors (Lipinski definition) is 3. The van der Waals surface area contributed by atoms with Gasteiger partial charge in [0.2, 0.25) is 0 Å². The van der Waals surface area contributed by atoms with Gasteiger partial charge < -0.3 is 14.9 Å². The lowest BCUT2D eigenvalue weighted by Gasteiger charge is -2.36. The molecule has 1 fully saturated rings. The number of carboxylic acid groups (broad SMARTS) is 1. The molecule has 1 aliphatic heterocycles. The highest BCUT2D eigenvalue weighted by molar-refractivity contribution is 6.30. The van der Waals surface area contributed by atoms with E-state index in [2.05, 4.69) is 4.90 Å². The van der Waals surface area contributed by atoms with Gasteiger partial charge in [-0.3, -0.25) is 4.90 Å². The van der Waals surface area contributed by atoms with E-state index in [1.165, 1.54) is 17.0 Å². The fourth-order valence-electron chi connectivity index (χ4n) is 3.04. The molecule has 0 aliphatic carbocycles. The number of aromatic carboxylic acids is 1. The molecule has 28 heavy (non-hydrogen) atoms. The van der Waals surface area contributed by atoms with E-state index < -0.39 is 11.8 Å². The molecule has 3 rings (SSSR count). The molecule has 0 bridgehead atoms. The number of carbonyl (C=O) groups is 2. The van der Waals surface area contributed by atoms with Crippen LogP contribution in [0, 0.1) is 5.82 Å². The minimum atomic E-state index is -1.20. The minimum Gasteiger partial charge on any atom is -0.478 e. The molecule has 1 N–H and O–H groups in total. The number of halogens is 2. The predicted octanol–water partition coefficient (Wildman–Crippen LogP) is 3.55. The van der Waals surface area contributed by atoms with Gasteiger partial charge in [0, 0.05) is 42.5 Å². The number of nitrogens with zero attached hydrogens (tertiary/aromatic N) is 3. The number of benzene rings is 2. The van der Waals surface area contributed by atoms with Gasteiger partial charge in [-0.25, -0.2) is 14.0 Å². The van der Waals surface area contributed by atoms with Gasteiger partial charge in [0.05, 0.1) is 12.1 Å². The molecular formula is C20H21ClFN3O3. The third-order valence-electron chi connectivity index (χ3n) is 4.77. The lowest BCUT2D eigenvalue weighted by molar-refractivity contribution is 0.0696. The Hall–Kier alpha value is -2.64. The van der Waals surface area contributed by atoms with Crippen LogP contribution in [0.2, 0.25) is 5.02 Å². The fourth-order valence-corrected chi connectivity index (χ4v) is 3.16. The van der Waals surface area contributed by atoms with E-state index >= 15 is 0 Å². The molecule has 0 radical (unpaired) electrons. The van der Waals surface area contributed by atoms with Crippen molar-refractivity contribution in [1.82, 2.24) is 9.80 Å². The summed E-state index contributed by atoms with van der Waals surface area (Å²) in [5.74, 6) is -1.86. The zero-order valence-corrected chi connectivity index (χ0v) is 16.2. The summed E-state index contributed by atoms with van der Waals surface area (Å²) >= 11 is 5.96. The molecule has 0 aromatic heterocycles. The fraction of sp³-hybridized carbons (Fsp3) is 0.300. The summed E-state index contributed by atoms with van der Waals surface area (Å²) < 4.78 is 14.5. The number of piperazine rings is 1. The van der Waals surface area contributed by atoms with E-state index in [0.29, 0.717) is 23.8 Å². The Bertz CT molecular complexity index is 867. The highest BCUT2D eigenvalue weighted by atomic mass is 35.5. The topological polar surface area (TPSA) is 64.1 Å². The maximum atomic E-state index is 14.5. The van der Waals surface area contributed by atoms with Crippen molar-refractivity contribution in [2.45, 2.75) is 6.54 Å². The molecule has 1 heterocycles. The van der Waals surface area contributed by atoms with Gasteiger partial charge in [-0.05, 0) is 43.4 Å². The van der Waals surface area contributed by atoms with Crippen LogP contribution in [0.1, 0.15) is 15.9 Å². The van der Waals surface area contributed by atoms with E-state index in [-0.39, 0.29) is 23.7 Å². The van der Waals surface area contributed by atoms with Crippen LogP contribution in [-0.2, 0) is 6.54 Å². The first-order valence-corrected chi connectivity index (χ1v) is 9.25. The van der Waals surface area contributed by atoms with Gasteiger partial charge in [-0.2, -0.15) is 0 Å². The van der Waals surface area contributed by atoms with Crippen LogP contribution in [0.3, 0.4) is 0 Å². The average molecular weight is 406 g/mol. The number of likely N-dealkylation sites (N-methyl/N-ethyl adjacent to an activating group) is 1. The van der Waals surface area contributed by atoms with Crippen LogP contribution < -0.4 is 4.90 Å². The SMILES string of the molecule is CN1CCN(C(=O)N(Cc2ccc(C(=O)O)cc2F)c2ccc(Cl)cc2)CC1. The molecule has 0 spiro atoms. The number of rotatable bonds is 4. The number of carboxylic acids is 1. The first-order chi connectivity index (χ1) is 13.3. The van der Waals surface area contributed by atoms with Gasteiger partial charge in [-0.15, -0.1) is 0 Å². The average Bonchev–Trinajstić information content (AvgIpc) is 2.68. The largest absolute Gasteiger partial charge is 0.478 e. The molecular weight excluding hydrogens is 385 g/mol. The normalized spacial score (nSPS) is 14.8. The van der Waals surface area contributed by atoms with Crippen LogP contribution in [0.25, 0.3) is 0 Å². The number of carbonyl (C=O) groups excluding carboxylic acids is 1. The number of hydrogen-bond donors (Lipinski definition) is 1. The highest BCUT2D eigenvalue weighted by Crippen LogP contribution is 2.23. The summed E-state index contributed by atoms with van der Waals surface area (Å²) in [5.41, 5.74) is 0.696. The second-order valence-corrected chi connectivity index (χ2v) is 7.18. The van der Waals surface area contributed by atoms with E-state index in [0.717, 1.165) is 19.2 Å². The number of amides is 2. The summed E-state index contributed by atoms with van der Waals surface area (Å²) in [6, 6.07) is 10.2. The summed E-state index contributed by atoms with van der Waals surface area (Å²) in [5, 5.41) is 9.55. The van der Waals surface area contributed by atoms with Gasteiger partial charge >= 0.3 is 12.0 Å². The zero-order valence-electron chi connectivity index (χ0n) is 15.4. The van der Waals surface area contributed by atoms with E-state index in [1.54, 1.807) is 29.2 Å². The van der Waals surface area contributed by atoms with Crippen LogP contribution in [0.15, 0.2) is 42.5 Å². The third-order valence-corrected chi connectivity index (χ3v) is 5.02. The van der Waals surface area contributed by atoms with Crippen molar-refractivity contribution in [3.05, 3.63) is 64.4 Å². The van der Waals surface area contributed by atoms with Gasteiger partial charge in [-0.1, -0.05) is 17.7 Å². The van der Waals surface area contributed by atoms with Gasteiger partial charge in [0.15, 0.2) is 0 Å². The Morgan fingerprint density at radius 3 is 2.32 bits per heavy atom. The Morgan fingerprint density at radius 1 is 1.11 bits per heavy atom. The summed E-state index contributed by atoms with van der Waals surface area (Å²) in [6.45, 7) is 2.68. The molecule has 6 nitrogen and oxygen atoms in total. The second kappa shape index (κ2) is 8.58. The number of anilines is 1. The van der Waals surface area contributed by atoms with Crippen molar-refractivity contribution < 1.29 is 19.1 Å². The Morgan fingerprint density at radius 2 is 1.75 bits per heavy atom. The first kappa shape index (κ1) is 20.1. The Labute approximate surface area is 167 Å². The lowest BCUT2D eigenvalue weighted by atomic mass is 10.1. The highest BCUT2D eigenvalue weighted by Gasteiger charge is 2.26. The van der Waals surface area contributed by atoms with Crippen molar-refractivity contribution in [2.75, 3.05) is 38.1 Å². The van der Waals surface area contributed by atoms with Gasteiger partial charge in [0.1, 0.15) is 5.82 Å². The maximum Gasteiger partial charge on any atom is 0.335 e. The lowest BCUT2D eigenvalue weighted by Crippen LogP contribution is -2.52. The van der Waals surface area contributed by atoms with Crippen molar-refractivity contribution >= 4 is 29.3 Å². The Balaban J connectivity index is 1.89. The number of urea groups is 1. The standard InChI is InChI=1S/C20H21ClFN3O3/c1-23-8-10-24(11-9-23)20(28)25(17-6-4-16(21)5-7-17)13-15-3-2-14(19(26)27)12-18(15)22/h2-7,12H,8-11,13H2,1H3,(H,26,27). The van der Waals surface area contributed by atoms with Crippen molar-refractivity contribution in [3.63, 3.8) is 0 Å². The van der Waals surface area contributed by atoms with Crippen LogP contribution >= 0.6 is 11.6 Å². The molecule has 2 aromatic carbocycles. The quantitative estimate of drug-likeness (QED) is 0.844. The van der Waals surface area contributed by atoms with E-state index in [1.807, 2.05) is 7.05 Å². The molecule has 0 unspecified atom stereocenters. The maximum absolute atomic E-state index is 14.5. The minimum absolute atomic E-state index is 0.0153. The monoisotopic (exact) mass is 405 g/mol. The summed E-state index contributed by atoms with van der Waals surface area (Å²) in [7, 11) is 2.00. The molecule has 148 valence electrons. The molecule has 0 atom stereocenters. The Kier molecular flexibility index (Phi) is 6.16. The molecule has 2 aromatic rings. The molecule has 1 saturated heterocycles. The molecule has 2 amide bonds. The van der Waals surface area contributed by atoms with Crippen LogP contribution in [0.4, 0.5) is 14.9 Å². The van der Waals surface area contributed by atoms with Crippen LogP contribution in [0.5, 0.6) is 0 Å². The summed E-state index contributed by atoms with van der Waals surface area (Å²) in [6.07, 6.45) is 0. The molecule has 8 heteroatoms. The third kappa shape index (κ3) is 4.61. The molecule has 0 saturated carbocycles. The van der Waals surface area contributed by atoms with Crippen molar-refractivity contribution in [1.29, 1.82) is 0 Å². The second-order valence-electron chi connectivity index (χ2n) is 6.75. The van der Waals surface area contributed by atoms with E-state index in [4.69, 9.17) is 16.7 Å². The summed E-state index contributed by atoms with van der Waals surface area (Å²) in [4.78, 5) is 29.6. The zero-order chi connectivity index (χ0) is 20.3. The van der Waals surface area contributed by atoms with Crippen molar-refractivity contribution in [3.8, 4) is 0 Å². The smallest absolute Gasteiger partial charge is 0.335 e. The molecule has 1 aliphatic rings. The first-order valence-electron chi connectivity index (χ1n) is 8.87. The van der Waals surface area contributed by atoms with Crippen molar-refractivity contribution in [2.24, 2.45) is 0 Å².